The molecule has 0 aromatic heterocycles. The van der Waals surface area contributed by atoms with Crippen molar-refractivity contribution in [1.29, 1.82) is 0 Å². The van der Waals surface area contributed by atoms with E-state index in [4.69, 9.17) is 4.74 Å². The summed E-state index contributed by atoms with van der Waals surface area (Å²) in [5.74, 6) is -0.355. The van der Waals surface area contributed by atoms with Crippen LogP contribution < -0.4 is 15.0 Å². The van der Waals surface area contributed by atoms with E-state index in [0.29, 0.717) is 23.5 Å². The van der Waals surface area contributed by atoms with Gasteiger partial charge in [0, 0.05) is 36.7 Å². The third kappa shape index (κ3) is 4.16. The van der Waals surface area contributed by atoms with E-state index in [-0.39, 0.29) is 30.6 Å². The van der Waals surface area contributed by atoms with Crippen molar-refractivity contribution in [2.45, 2.75) is 25.7 Å². The largest absolute Gasteiger partial charge is 0.497 e. The van der Waals surface area contributed by atoms with Gasteiger partial charge in [-0.15, -0.1) is 0 Å². The Morgan fingerprint density at radius 2 is 2.00 bits per heavy atom. The van der Waals surface area contributed by atoms with Crippen molar-refractivity contribution >= 4 is 17.5 Å². The molecule has 0 bridgehead atoms. The Labute approximate surface area is 164 Å². The van der Waals surface area contributed by atoms with Gasteiger partial charge in [0.2, 0.25) is 11.8 Å². The fourth-order valence-electron chi connectivity index (χ4n) is 3.47. The van der Waals surface area contributed by atoms with Gasteiger partial charge in [-0.3, -0.25) is 9.59 Å². The molecule has 3 rings (SSSR count). The Bertz CT molecular complexity index is 882. The summed E-state index contributed by atoms with van der Waals surface area (Å²) in [5.41, 5.74) is 0.706. The number of ether oxygens (including phenoxy) is 1. The number of benzene rings is 2. The molecule has 2 aromatic rings. The Balaban J connectivity index is 1.64. The molecule has 2 amide bonds. The molecule has 0 aliphatic carbocycles. The van der Waals surface area contributed by atoms with Gasteiger partial charge in [-0.1, -0.05) is 38.1 Å². The normalized spacial score (nSPS) is 16.9. The summed E-state index contributed by atoms with van der Waals surface area (Å²) in [6, 6.07) is 13.8. The van der Waals surface area contributed by atoms with Crippen LogP contribution in [0.1, 0.15) is 25.8 Å². The highest BCUT2D eigenvalue weighted by Gasteiger charge is 2.36. The summed E-state index contributed by atoms with van der Waals surface area (Å²) < 4.78 is 19.3. The molecule has 1 unspecified atom stereocenters. The smallest absolute Gasteiger partial charge is 0.227 e. The van der Waals surface area contributed by atoms with Crippen LogP contribution in [0.4, 0.5) is 10.1 Å². The first-order valence-corrected chi connectivity index (χ1v) is 9.29. The molecule has 1 aliphatic rings. The Kier molecular flexibility index (Phi) is 5.68. The minimum Gasteiger partial charge on any atom is -0.497 e. The molecule has 0 saturated carbocycles. The van der Waals surface area contributed by atoms with Crippen LogP contribution in [0.5, 0.6) is 5.75 Å². The number of rotatable bonds is 6. The molecule has 0 radical (unpaired) electrons. The first kappa shape index (κ1) is 19.9. The lowest BCUT2D eigenvalue weighted by Gasteiger charge is -2.26. The number of carbonyl (C=O) groups is 2. The summed E-state index contributed by atoms with van der Waals surface area (Å²) in [6.45, 7) is 4.37. The zero-order valence-corrected chi connectivity index (χ0v) is 16.4. The van der Waals surface area contributed by atoms with Gasteiger partial charge in [-0.25, -0.2) is 4.39 Å². The average molecular weight is 384 g/mol. The van der Waals surface area contributed by atoms with Gasteiger partial charge in [-0.05, 0) is 23.8 Å². The molecule has 1 aliphatic heterocycles. The molecular weight excluding hydrogens is 359 g/mol. The fraction of sp³-hybridized carbons (Fsp3) is 0.364. The van der Waals surface area contributed by atoms with Gasteiger partial charge in [-0.2, -0.15) is 0 Å². The van der Waals surface area contributed by atoms with Gasteiger partial charge in [0.1, 0.15) is 11.6 Å². The van der Waals surface area contributed by atoms with Crippen LogP contribution in [0.2, 0.25) is 0 Å². The highest BCUT2D eigenvalue weighted by atomic mass is 19.1. The summed E-state index contributed by atoms with van der Waals surface area (Å²) in [4.78, 5) is 26.7. The number of nitrogens with one attached hydrogen (secondary N) is 1. The van der Waals surface area contributed by atoms with E-state index in [1.807, 2.05) is 26.0 Å². The summed E-state index contributed by atoms with van der Waals surface area (Å²) in [6.07, 6.45) is 0.156. The lowest BCUT2D eigenvalue weighted by Crippen LogP contribution is -2.40. The standard InChI is InChI=1S/C22H25FN2O3/c1-22(2,18-9-4-5-10-19(18)23)14-24-21(27)15-11-20(26)25(13-15)16-7-6-8-17(12-16)28-3/h4-10,12,15H,11,13-14H2,1-3H3,(H,24,27). The number of anilines is 1. The van der Waals surface area contributed by atoms with E-state index in [0.717, 1.165) is 0 Å². The van der Waals surface area contributed by atoms with E-state index < -0.39 is 11.3 Å². The maximum absolute atomic E-state index is 14.1. The summed E-state index contributed by atoms with van der Waals surface area (Å²) >= 11 is 0. The third-order valence-corrected chi connectivity index (χ3v) is 5.17. The van der Waals surface area contributed by atoms with Crippen LogP contribution in [0.3, 0.4) is 0 Å². The molecule has 5 nitrogen and oxygen atoms in total. The Hall–Kier alpha value is -2.89. The molecule has 1 heterocycles. The van der Waals surface area contributed by atoms with Gasteiger partial charge < -0.3 is 15.0 Å². The molecule has 0 spiro atoms. The predicted octanol–water partition coefficient (Wildman–Crippen LogP) is 3.28. The van der Waals surface area contributed by atoms with Crippen LogP contribution >= 0.6 is 0 Å². The molecule has 6 heteroatoms. The number of amides is 2. The number of hydrogen-bond donors (Lipinski definition) is 1. The van der Waals surface area contributed by atoms with Crippen molar-refractivity contribution in [3.05, 3.63) is 59.9 Å². The maximum atomic E-state index is 14.1. The molecule has 148 valence electrons. The average Bonchev–Trinajstić information content (AvgIpc) is 3.08. The Morgan fingerprint density at radius 3 is 2.71 bits per heavy atom. The van der Waals surface area contributed by atoms with Gasteiger partial charge in [0.25, 0.3) is 0 Å². The van der Waals surface area contributed by atoms with E-state index in [2.05, 4.69) is 5.32 Å². The van der Waals surface area contributed by atoms with Crippen molar-refractivity contribution in [3.63, 3.8) is 0 Å². The van der Waals surface area contributed by atoms with Crippen LogP contribution in [-0.2, 0) is 15.0 Å². The van der Waals surface area contributed by atoms with E-state index in [1.165, 1.54) is 6.07 Å². The lowest BCUT2D eigenvalue weighted by atomic mass is 9.84. The van der Waals surface area contributed by atoms with E-state index in [1.54, 1.807) is 42.3 Å². The molecule has 1 N–H and O–H groups in total. The topological polar surface area (TPSA) is 58.6 Å². The Morgan fingerprint density at radius 1 is 1.25 bits per heavy atom. The number of nitrogens with zero attached hydrogens (tertiary/aromatic N) is 1. The molecule has 1 saturated heterocycles. The summed E-state index contributed by atoms with van der Waals surface area (Å²) in [7, 11) is 1.57. The van der Waals surface area contributed by atoms with Crippen molar-refractivity contribution in [1.82, 2.24) is 5.32 Å². The van der Waals surface area contributed by atoms with E-state index >= 15 is 0 Å². The third-order valence-electron chi connectivity index (χ3n) is 5.17. The van der Waals surface area contributed by atoms with Crippen LogP contribution in [-0.4, -0.2) is 32.0 Å². The van der Waals surface area contributed by atoms with Crippen molar-refractivity contribution in [3.8, 4) is 5.75 Å². The quantitative estimate of drug-likeness (QED) is 0.832. The fourth-order valence-corrected chi connectivity index (χ4v) is 3.47. The highest BCUT2D eigenvalue weighted by Crippen LogP contribution is 2.29. The molecule has 28 heavy (non-hydrogen) atoms. The first-order valence-electron chi connectivity index (χ1n) is 9.29. The van der Waals surface area contributed by atoms with Gasteiger partial charge >= 0.3 is 0 Å². The van der Waals surface area contributed by atoms with Crippen molar-refractivity contribution in [2.75, 3.05) is 25.1 Å². The number of carbonyl (C=O) groups excluding carboxylic acids is 2. The van der Waals surface area contributed by atoms with Gasteiger partial charge in [0.15, 0.2) is 0 Å². The number of methoxy groups -OCH3 is 1. The van der Waals surface area contributed by atoms with Crippen molar-refractivity contribution < 1.29 is 18.7 Å². The highest BCUT2D eigenvalue weighted by molar-refractivity contribution is 6.00. The van der Waals surface area contributed by atoms with Gasteiger partial charge in [0.05, 0.1) is 13.0 Å². The molecule has 2 aromatic carbocycles. The summed E-state index contributed by atoms with van der Waals surface area (Å²) in [5, 5.41) is 2.90. The monoisotopic (exact) mass is 384 g/mol. The second-order valence-corrected chi connectivity index (χ2v) is 7.69. The van der Waals surface area contributed by atoms with Crippen LogP contribution in [0.15, 0.2) is 48.5 Å². The predicted molar refractivity (Wildman–Crippen MR) is 106 cm³/mol. The minimum atomic E-state index is -0.559. The molecule has 1 atom stereocenters. The lowest BCUT2D eigenvalue weighted by molar-refractivity contribution is -0.126. The molecule has 1 fully saturated rings. The van der Waals surface area contributed by atoms with Crippen molar-refractivity contribution in [2.24, 2.45) is 5.92 Å². The van der Waals surface area contributed by atoms with Crippen LogP contribution in [0, 0.1) is 11.7 Å². The first-order chi connectivity index (χ1) is 13.3. The second kappa shape index (κ2) is 8.00. The molecular formula is C22H25FN2O3. The maximum Gasteiger partial charge on any atom is 0.227 e. The second-order valence-electron chi connectivity index (χ2n) is 7.69. The number of halogens is 1. The van der Waals surface area contributed by atoms with E-state index in [9.17, 15) is 14.0 Å². The zero-order valence-electron chi connectivity index (χ0n) is 16.4. The zero-order chi connectivity index (χ0) is 20.3. The minimum absolute atomic E-state index is 0.0956. The SMILES string of the molecule is COc1cccc(N2CC(C(=O)NCC(C)(C)c3ccccc3F)CC2=O)c1. The number of hydrogen-bond acceptors (Lipinski definition) is 3. The van der Waals surface area contributed by atoms with Crippen LogP contribution in [0.25, 0.3) is 0 Å².